The third-order valence-corrected chi connectivity index (χ3v) is 12.3. The number of nitrogen functional groups attached to an aromatic ring is 2. The van der Waals surface area contributed by atoms with E-state index in [1.807, 2.05) is 65.8 Å². The fourth-order valence-corrected chi connectivity index (χ4v) is 8.69. The van der Waals surface area contributed by atoms with Gasteiger partial charge in [-0.25, -0.2) is 29.3 Å². The van der Waals surface area contributed by atoms with Gasteiger partial charge in [-0.05, 0) is 150 Å². The summed E-state index contributed by atoms with van der Waals surface area (Å²) in [4.78, 5) is 91.8. The monoisotopic (exact) mass is 1040 g/mol. The van der Waals surface area contributed by atoms with E-state index in [0.29, 0.717) is 69.9 Å². The van der Waals surface area contributed by atoms with Crippen LogP contribution in [0.5, 0.6) is 0 Å². The molecular formula is C54H63ClN14O6. The Balaban J connectivity index is 0.000000219. The van der Waals surface area contributed by atoms with Crippen molar-refractivity contribution in [3.8, 4) is 22.5 Å². The number of nitrogens with zero attached hydrogens (tertiary/aromatic N) is 7. The summed E-state index contributed by atoms with van der Waals surface area (Å²) in [5, 5.41) is 8.52. The average Bonchev–Trinajstić information content (AvgIpc) is 4.21. The normalized spacial score (nSPS) is 14.6. The number of anilines is 2. The first-order valence-corrected chi connectivity index (χ1v) is 24.8. The lowest BCUT2D eigenvalue weighted by Gasteiger charge is -2.23. The number of hydrogen-bond donors (Lipinski definition) is 7. The van der Waals surface area contributed by atoms with E-state index in [0.717, 1.165) is 60.9 Å². The Labute approximate surface area is 440 Å². The topological polar surface area (TPSA) is 307 Å². The zero-order valence-corrected chi connectivity index (χ0v) is 43.6. The molecule has 0 unspecified atom stereocenters. The van der Waals surface area contributed by atoms with Gasteiger partial charge in [0.25, 0.3) is 23.6 Å². The lowest BCUT2D eigenvalue weighted by molar-refractivity contribution is -0.127. The molecule has 0 aliphatic carbocycles. The minimum absolute atomic E-state index is 0.0201. The van der Waals surface area contributed by atoms with Crippen molar-refractivity contribution in [1.82, 2.24) is 39.5 Å². The molecule has 0 saturated carbocycles. The summed E-state index contributed by atoms with van der Waals surface area (Å²) in [6, 6.07) is 20.5. The molecule has 2 aliphatic heterocycles. The van der Waals surface area contributed by atoms with E-state index < -0.39 is 17.1 Å². The summed E-state index contributed by atoms with van der Waals surface area (Å²) in [6.45, 7) is 12.9. The maximum absolute atomic E-state index is 12.8. The van der Waals surface area contributed by atoms with E-state index in [1.165, 1.54) is 15.4 Å². The third-order valence-electron chi connectivity index (χ3n) is 12.2. The van der Waals surface area contributed by atoms with Gasteiger partial charge in [0.15, 0.2) is 17.2 Å². The van der Waals surface area contributed by atoms with Gasteiger partial charge in [0.05, 0.1) is 12.1 Å². The van der Waals surface area contributed by atoms with Crippen molar-refractivity contribution in [2.45, 2.75) is 92.2 Å². The number of aromatic nitrogens is 6. The Bertz CT molecular complexity index is 3130. The summed E-state index contributed by atoms with van der Waals surface area (Å²) < 4.78 is 2.46. The minimum Gasteiger partial charge on any atom is -0.364 e. The van der Waals surface area contributed by atoms with Crippen LogP contribution in [0.2, 0.25) is 0 Å². The van der Waals surface area contributed by atoms with Crippen molar-refractivity contribution in [2.75, 3.05) is 35.4 Å². The third kappa shape index (κ3) is 14.2. The molecular weight excluding hydrogens is 976 g/mol. The number of rotatable bonds is 14. The molecule has 2 aromatic carbocycles. The lowest BCUT2D eigenvalue weighted by atomic mass is 10.1. The van der Waals surface area contributed by atoms with Crippen LogP contribution in [-0.2, 0) is 22.4 Å². The van der Waals surface area contributed by atoms with Crippen LogP contribution in [0, 0.1) is 0 Å². The Kier molecular flexibility index (Phi) is 18.9. The van der Waals surface area contributed by atoms with Gasteiger partial charge in [-0.15, -0.1) is 0 Å². The predicted octanol–water partition coefficient (Wildman–Crippen LogP) is 6.92. The highest BCUT2D eigenvalue weighted by atomic mass is 35.5. The number of nitrogens with two attached hydrogens (primary N) is 4. The molecule has 20 nitrogen and oxygen atoms in total. The van der Waals surface area contributed by atoms with Gasteiger partial charge in [-0.1, -0.05) is 49.3 Å². The van der Waals surface area contributed by atoms with Crippen LogP contribution in [0.25, 0.3) is 22.5 Å². The second kappa shape index (κ2) is 25.4. The van der Waals surface area contributed by atoms with Crippen LogP contribution in [0.4, 0.5) is 11.6 Å². The summed E-state index contributed by atoms with van der Waals surface area (Å²) in [7, 11) is 0. The number of allylic oxidation sites excluding steroid dienone is 3. The highest BCUT2D eigenvalue weighted by Gasteiger charge is 2.35. The predicted molar refractivity (Wildman–Crippen MR) is 289 cm³/mol. The number of likely N-dealkylation sites (tertiary alicyclic amines) is 1. The van der Waals surface area contributed by atoms with Crippen molar-refractivity contribution in [3.05, 3.63) is 154 Å². The zero-order chi connectivity index (χ0) is 54.5. The number of aryl methyl sites for hydroxylation is 2. The number of pyridine rings is 2. The fraction of sp³-hybridized carbons (Fsp3) is 0.296. The van der Waals surface area contributed by atoms with E-state index in [2.05, 4.69) is 35.9 Å². The minimum atomic E-state index is -0.736. The molecule has 6 aromatic rings. The van der Waals surface area contributed by atoms with Gasteiger partial charge in [0.2, 0.25) is 11.1 Å². The summed E-state index contributed by atoms with van der Waals surface area (Å²) in [6.07, 6.45) is 11.3. The second-order valence-corrected chi connectivity index (χ2v) is 18.6. The quantitative estimate of drug-likeness (QED) is 0.0332. The number of amides is 5. The number of halogens is 1. The molecule has 2 aliphatic rings. The Morgan fingerprint density at radius 2 is 1.13 bits per heavy atom. The number of primary amides is 2. The van der Waals surface area contributed by atoms with Gasteiger partial charge in [-0.2, -0.15) is 0 Å². The van der Waals surface area contributed by atoms with E-state index in [-0.39, 0.29) is 41.2 Å². The second-order valence-electron chi connectivity index (χ2n) is 18.3. The molecule has 2 fully saturated rings. The average molecular weight is 1040 g/mol. The number of benzene rings is 2. The maximum atomic E-state index is 12.8. The molecule has 2 saturated heterocycles. The van der Waals surface area contributed by atoms with Crippen LogP contribution < -0.4 is 39.1 Å². The Morgan fingerprint density at radius 1 is 0.667 bits per heavy atom. The lowest BCUT2D eigenvalue weighted by Crippen LogP contribution is -2.33. The first-order valence-electron chi connectivity index (χ1n) is 24.4. The number of imidazole rings is 2. The van der Waals surface area contributed by atoms with Crippen molar-refractivity contribution < 1.29 is 28.8 Å². The van der Waals surface area contributed by atoms with Crippen LogP contribution in [0.1, 0.15) is 144 Å². The molecule has 0 spiro atoms. The number of nitrogens with one attached hydrogen (secondary N) is 3. The van der Waals surface area contributed by atoms with E-state index >= 15 is 0 Å². The number of carbonyl (C=O) groups excluding carboxylic acids is 6. The van der Waals surface area contributed by atoms with Crippen molar-refractivity contribution in [2.24, 2.45) is 11.5 Å². The zero-order valence-electron chi connectivity index (χ0n) is 42.8. The number of carbonyl (C=O) groups is 6. The molecule has 4 aromatic heterocycles. The molecule has 2 atom stereocenters. The van der Waals surface area contributed by atoms with Crippen LogP contribution in [0.15, 0.2) is 108 Å². The highest BCUT2D eigenvalue weighted by Crippen LogP contribution is 2.35. The van der Waals surface area contributed by atoms with E-state index in [4.69, 9.17) is 34.8 Å². The van der Waals surface area contributed by atoms with E-state index in [1.54, 1.807) is 71.9 Å². The molecule has 11 N–H and O–H groups in total. The van der Waals surface area contributed by atoms with Gasteiger partial charge >= 0.3 is 0 Å². The fourth-order valence-electron chi connectivity index (χ4n) is 8.48. The SMILES string of the molecule is CC(C)=CC(=O)Cl.CCc1ccnc(NC(=O)c2ccc(-c3nc([C@@H]4CCCN4)n(N)c3C(N)=O)cc2)c1.CCc1ccnc(NC(=O)c2ccc(-c3nc([C@@H]4CCCN4C(=O)C=C(C)C)n(N)c3C(N)=O)cc2)c1. The molecule has 5 amide bonds. The maximum Gasteiger partial charge on any atom is 0.269 e. The number of hydrogen-bond acceptors (Lipinski definition) is 13. The molecule has 0 bridgehead atoms. The molecule has 0 radical (unpaired) electrons. The van der Waals surface area contributed by atoms with Gasteiger partial charge in [0.1, 0.15) is 28.8 Å². The van der Waals surface area contributed by atoms with E-state index in [9.17, 15) is 28.8 Å². The van der Waals surface area contributed by atoms with Gasteiger partial charge in [0, 0.05) is 47.3 Å². The Morgan fingerprint density at radius 3 is 1.53 bits per heavy atom. The standard InChI is InChI=1S/C27H31N7O3.C22H25N7O2.C5H7ClO/c1-4-17-11-12-30-21(15-17)31-27(37)19-9-7-18(8-10-19)23-24(25(28)36)34(29)26(32-23)20-6-5-13-33(20)22(35)14-16(2)3;1-2-13-9-11-26-17(12-13)27-22(31)15-7-5-14(6-8-15)18-19(20(23)30)29(24)21(28-18)16-4-3-10-25-16;1-4(2)3-5(6)7/h7-12,14-15,20H,4-6,13,29H2,1-3H3,(H2,28,36)(H,30,31,37);5-9,11-12,16,25H,2-4,10,24H2,1H3,(H2,23,30)(H,26,27,31);3H,1-2H3/t20-;16-;/m00./s1. The van der Waals surface area contributed by atoms with Crippen molar-refractivity contribution in [3.63, 3.8) is 0 Å². The first kappa shape index (κ1) is 55.8. The molecule has 6 heterocycles. The smallest absolute Gasteiger partial charge is 0.269 e. The van der Waals surface area contributed by atoms with Crippen molar-refractivity contribution >= 4 is 58.0 Å². The van der Waals surface area contributed by atoms with Gasteiger partial charge in [-0.3, -0.25) is 28.8 Å². The summed E-state index contributed by atoms with van der Waals surface area (Å²) in [5.41, 5.74) is 18.2. The Hall–Kier alpha value is -8.49. The van der Waals surface area contributed by atoms with Crippen LogP contribution in [-0.4, -0.2) is 82.1 Å². The summed E-state index contributed by atoms with van der Waals surface area (Å²) >= 11 is 4.96. The van der Waals surface area contributed by atoms with Gasteiger partial charge < -0.3 is 44.0 Å². The molecule has 21 heteroatoms. The van der Waals surface area contributed by atoms with Crippen molar-refractivity contribution in [1.29, 1.82) is 0 Å². The molecule has 392 valence electrons. The van der Waals surface area contributed by atoms with Crippen LogP contribution >= 0.6 is 11.6 Å². The molecule has 75 heavy (non-hydrogen) atoms. The summed E-state index contributed by atoms with van der Waals surface area (Å²) in [5.74, 6) is 12.3. The first-order chi connectivity index (χ1) is 35.8. The largest absolute Gasteiger partial charge is 0.364 e. The molecule has 8 rings (SSSR count). The highest BCUT2D eigenvalue weighted by molar-refractivity contribution is 6.66. The van der Waals surface area contributed by atoms with Crippen LogP contribution in [0.3, 0.4) is 0 Å².